The normalized spacial score (nSPS) is 12.5. The molecule has 0 aliphatic rings. The van der Waals surface area contributed by atoms with E-state index >= 15 is 0 Å². The van der Waals surface area contributed by atoms with E-state index in [-0.39, 0.29) is 6.61 Å². The highest BCUT2D eigenvalue weighted by Gasteiger charge is 2.16. The highest BCUT2D eigenvalue weighted by molar-refractivity contribution is 5.71. The van der Waals surface area contributed by atoms with Crippen molar-refractivity contribution in [1.82, 2.24) is 4.57 Å². The summed E-state index contributed by atoms with van der Waals surface area (Å²) in [6.07, 6.45) is 1.44. The van der Waals surface area contributed by atoms with E-state index in [9.17, 15) is 5.11 Å². The molecule has 2 aromatic carbocycles. The van der Waals surface area contributed by atoms with Crippen molar-refractivity contribution in [2.45, 2.75) is 19.6 Å². The minimum Gasteiger partial charge on any atom is -0.490 e. The van der Waals surface area contributed by atoms with Gasteiger partial charge in [0.2, 0.25) is 6.33 Å². The summed E-state index contributed by atoms with van der Waals surface area (Å²) in [5.74, 6) is 0.824. The van der Waals surface area contributed by atoms with E-state index in [4.69, 9.17) is 4.74 Å². The Morgan fingerprint density at radius 2 is 1.86 bits per heavy atom. The van der Waals surface area contributed by atoms with Crippen LogP contribution in [0.25, 0.3) is 11.0 Å². The van der Waals surface area contributed by atoms with Crippen molar-refractivity contribution in [2.24, 2.45) is 7.05 Å². The summed E-state index contributed by atoms with van der Waals surface area (Å²) in [5, 5.41) is 10.3. The summed E-state index contributed by atoms with van der Waals surface area (Å²) in [4.78, 5) is 0. The maximum atomic E-state index is 10.3. The van der Waals surface area contributed by atoms with E-state index < -0.39 is 6.10 Å². The number of aliphatic hydroxyl groups excluding tert-OH is 1. The predicted molar refractivity (Wildman–Crippen MR) is 85.8 cm³/mol. The molecular formula is C18H21N2O2+. The molecule has 1 atom stereocenters. The number of ether oxygens (including phenoxy) is 1. The summed E-state index contributed by atoms with van der Waals surface area (Å²) in [7, 11) is 2.01. The Hall–Kier alpha value is -2.33. The van der Waals surface area contributed by atoms with Crippen molar-refractivity contribution in [3.05, 3.63) is 60.4 Å². The topological polar surface area (TPSA) is 38.3 Å². The van der Waals surface area contributed by atoms with Crippen LogP contribution in [0.1, 0.15) is 5.56 Å². The molecule has 1 heterocycles. The van der Waals surface area contributed by atoms with Gasteiger partial charge in [0.15, 0.2) is 11.0 Å². The minimum absolute atomic E-state index is 0.279. The molecule has 3 aromatic rings. The van der Waals surface area contributed by atoms with E-state index in [0.717, 1.165) is 22.3 Å². The first-order chi connectivity index (χ1) is 10.6. The number of fused-ring (bicyclic) bond motifs is 1. The Labute approximate surface area is 130 Å². The van der Waals surface area contributed by atoms with Gasteiger partial charge in [-0.3, -0.25) is 0 Å². The van der Waals surface area contributed by atoms with Crippen LogP contribution < -0.4 is 9.30 Å². The summed E-state index contributed by atoms with van der Waals surface area (Å²) in [6.45, 7) is 2.79. The quantitative estimate of drug-likeness (QED) is 0.733. The molecule has 0 fully saturated rings. The first-order valence-corrected chi connectivity index (χ1v) is 7.45. The molecule has 0 saturated heterocycles. The van der Waals surface area contributed by atoms with Gasteiger partial charge in [-0.05, 0) is 30.7 Å². The SMILES string of the molecule is Cc1ccccc1OC[C@H](O)Cn1c[n+](C)c2ccccc21. The monoisotopic (exact) mass is 297 g/mol. The Morgan fingerprint density at radius 3 is 2.68 bits per heavy atom. The molecule has 3 rings (SSSR count). The zero-order valence-electron chi connectivity index (χ0n) is 12.9. The number of aliphatic hydroxyl groups is 1. The van der Waals surface area contributed by atoms with E-state index in [1.807, 2.05) is 56.7 Å². The molecule has 0 bridgehead atoms. The lowest BCUT2D eigenvalue weighted by atomic mass is 10.2. The zero-order chi connectivity index (χ0) is 15.5. The van der Waals surface area contributed by atoms with E-state index in [0.29, 0.717) is 6.54 Å². The number of hydrogen-bond acceptors (Lipinski definition) is 2. The molecule has 0 unspecified atom stereocenters. The summed E-state index contributed by atoms with van der Waals surface area (Å²) < 4.78 is 9.84. The van der Waals surface area contributed by atoms with Crippen LogP contribution in [0.3, 0.4) is 0 Å². The number of nitrogens with zero attached hydrogens (tertiary/aromatic N) is 2. The smallest absolute Gasteiger partial charge is 0.244 e. The van der Waals surface area contributed by atoms with Gasteiger partial charge in [0.25, 0.3) is 0 Å². The third-order valence-electron chi connectivity index (χ3n) is 3.82. The maximum Gasteiger partial charge on any atom is 0.244 e. The second-order valence-electron chi connectivity index (χ2n) is 5.60. The number of benzene rings is 2. The second-order valence-corrected chi connectivity index (χ2v) is 5.60. The second kappa shape index (κ2) is 6.20. The van der Waals surface area contributed by atoms with Crippen LogP contribution in [0.2, 0.25) is 0 Å². The molecular weight excluding hydrogens is 276 g/mol. The van der Waals surface area contributed by atoms with Gasteiger partial charge >= 0.3 is 0 Å². The minimum atomic E-state index is -0.560. The van der Waals surface area contributed by atoms with Crippen molar-refractivity contribution < 1.29 is 14.4 Å². The first kappa shape index (κ1) is 14.6. The molecule has 1 aromatic heterocycles. The van der Waals surface area contributed by atoms with Crippen LogP contribution >= 0.6 is 0 Å². The van der Waals surface area contributed by atoms with Gasteiger partial charge in [-0.2, -0.15) is 0 Å². The zero-order valence-corrected chi connectivity index (χ0v) is 12.9. The molecule has 4 nitrogen and oxygen atoms in total. The van der Waals surface area contributed by atoms with E-state index in [1.165, 1.54) is 0 Å². The lowest BCUT2D eigenvalue weighted by molar-refractivity contribution is -0.645. The number of aromatic nitrogens is 2. The number of para-hydroxylation sites is 3. The van der Waals surface area contributed by atoms with Crippen LogP contribution in [-0.2, 0) is 13.6 Å². The highest BCUT2D eigenvalue weighted by Crippen LogP contribution is 2.17. The van der Waals surface area contributed by atoms with Crippen LogP contribution in [0.4, 0.5) is 0 Å². The van der Waals surface area contributed by atoms with Crippen LogP contribution in [0.15, 0.2) is 54.9 Å². The standard InChI is InChI=1S/C18H21N2O2/c1-14-7-3-6-10-18(14)22-12-15(21)11-20-13-19(2)16-8-4-5-9-17(16)20/h3-10,13,15,21H,11-12H2,1-2H3/q+1/t15-/m1/s1. The molecule has 4 heteroatoms. The lowest BCUT2D eigenvalue weighted by Crippen LogP contribution is -2.27. The Balaban J connectivity index is 1.69. The first-order valence-electron chi connectivity index (χ1n) is 7.45. The Kier molecular flexibility index (Phi) is 4.11. The van der Waals surface area contributed by atoms with Gasteiger partial charge in [-0.25, -0.2) is 9.13 Å². The van der Waals surface area contributed by atoms with Gasteiger partial charge in [-0.1, -0.05) is 30.3 Å². The lowest BCUT2D eigenvalue weighted by Gasteiger charge is -2.12. The van der Waals surface area contributed by atoms with Gasteiger partial charge in [0, 0.05) is 0 Å². The number of rotatable bonds is 5. The molecule has 0 aliphatic carbocycles. The number of aryl methyl sites for hydroxylation is 2. The molecule has 0 radical (unpaired) electrons. The average molecular weight is 297 g/mol. The molecule has 22 heavy (non-hydrogen) atoms. The summed E-state index contributed by atoms with van der Waals surface area (Å²) >= 11 is 0. The molecule has 0 aliphatic heterocycles. The molecule has 0 spiro atoms. The van der Waals surface area contributed by atoms with Crippen molar-refractivity contribution in [1.29, 1.82) is 0 Å². The van der Waals surface area contributed by atoms with Crippen LogP contribution in [0, 0.1) is 6.92 Å². The van der Waals surface area contributed by atoms with Gasteiger partial charge in [-0.15, -0.1) is 0 Å². The largest absolute Gasteiger partial charge is 0.490 e. The van der Waals surface area contributed by atoms with Gasteiger partial charge < -0.3 is 9.84 Å². The number of hydrogen-bond donors (Lipinski definition) is 1. The molecule has 1 N–H and O–H groups in total. The Bertz CT molecular complexity index is 780. The molecule has 0 saturated carbocycles. The highest BCUT2D eigenvalue weighted by atomic mass is 16.5. The summed E-state index contributed by atoms with van der Waals surface area (Å²) in [5.41, 5.74) is 3.34. The van der Waals surface area contributed by atoms with E-state index in [1.54, 1.807) is 0 Å². The van der Waals surface area contributed by atoms with Gasteiger partial charge in [0.05, 0.1) is 7.05 Å². The average Bonchev–Trinajstić information content (AvgIpc) is 2.83. The van der Waals surface area contributed by atoms with Crippen LogP contribution in [0.5, 0.6) is 5.75 Å². The fraction of sp³-hybridized carbons (Fsp3) is 0.278. The van der Waals surface area contributed by atoms with Crippen molar-refractivity contribution in [3.63, 3.8) is 0 Å². The Morgan fingerprint density at radius 1 is 1.14 bits per heavy atom. The third kappa shape index (κ3) is 2.97. The predicted octanol–water partition coefficient (Wildman–Crippen LogP) is 2.21. The fourth-order valence-corrected chi connectivity index (χ4v) is 2.67. The van der Waals surface area contributed by atoms with Crippen LogP contribution in [-0.4, -0.2) is 22.4 Å². The van der Waals surface area contributed by atoms with Crippen molar-refractivity contribution in [2.75, 3.05) is 6.61 Å². The molecule has 0 amide bonds. The summed E-state index contributed by atoms with van der Waals surface area (Å²) in [6, 6.07) is 16.0. The van der Waals surface area contributed by atoms with Crippen molar-refractivity contribution in [3.8, 4) is 5.75 Å². The maximum absolute atomic E-state index is 10.3. The van der Waals surface area contributed by atoms with Gasteiger partial charge in [0.1, 0.15) is 25.0 Å². The number of imidazole rings is 1. The fourth-order valence-electron chi connectivity index (χ4n) is 2.67. The third-order valence-corrected chi connectivity index (χ3v) is 3.82. The van der Waals surface area contributed by atoms with Crippen molar-refractivity contribution >= 4 is 11.0 Å². The molecule has 114 valence electrons. The van der Waals surface area contributed by atoms with E-state index in [2.05, 4.69) is 21.3 Å².